The predicted octanol–water partition coefficient (Wildman–Crippen LogP) is 1.11. The van der Waals surface area contributed by atoms with Gasteiger partial charge in [0.1, 0.15) is 0 Å². The highest BCUT2D eigenvalue weighted by atomic mass is 32.2. The smallest absolute Gasteiger partial charge is 0.251 e. The maximum Gasteiger partial charge on any atom is 0.251 e. The highest BCUT2D eigenvalue weighted by molar-refractivity contribution is 7.89. The SMILES string of the molecule is O=C(NCCCN1CCCCS1(=O)=O)c1ccc2nc[nH]c2c1. The van der Waals surface area contributed by atoms with Crippen molar-refractivity contribution >= 4 is 27.0 Å². The van der Waals surface area contributed by atoms with Crippen LogP contribution in [0.3, 0.4) is 0 Å². The molecule has 124 valence electrons. The Balaban J connectivity index is 1.49. The first kappa shape index (κ1) is 15.9. The van der Waals surface area contributed by atoms with Crippen LogP contribution in [0.5, 0.6) is 0 Å². The molecule has 8 heteroatoms. The van der Waals surface area contributed by atoms with Gasteiger partial charge in [-0.3, -0.25) is 4.79 Å². The summed E-state index contributed by atoms with van der Waals surface area (Å²) in [5.41, 5.74) is 2.20. The van der Waals surface area contributed by atoms with E-state index >= 15 is 0 Å². The maximum absolute atomic E-state index is 12.1. The monoisotopic (exact) mass is 336 g/mol. The molecule has 2 N–H and O–H groups in total. The molecule has 3 rings (SSSR count). The third-order valence-electron chi connectivity index (χ3n) is 4.01. The van der Waals surface area contributed by atoms with Gasteiger partial charge in [-0.2, -0.15) is 0 Å². The van der Waals surface area contributed by atoms with E-state index in [-0.39, 0.29) is 11.7 Å². The van der Waals surface area contributed by atoms with Gasteiger partial charge in [0.05, 0.1) is 23.1 Å². The van der Waals surface area contributed by atoms with Crippen molar-refractivity contribution in [2.75, 3.05) is 25.4 Å². The number of rotatable bonds is 5. The molecule has 1 aliphatic heterocycles. The van der Waals surface area contributed by atoms with E-state index in [1.54, 1.807) is 24.5 Å². The van der Waals surface area contributed by atoms with Gasteiger partial charge < -0.3 is 10.3 Å². The molecule has 2 aromatic rings. The number of benzene rings is 1. The van der Waals surface area contributed by atoms with Gasteiger partial charge in [-0.1, -0.05) is 0 Å². The summed E-state index contributed by atoms with van der Waals surface area (Å²) in [7, 11) is -3.08. The molecule has 1 saturated heterocycles. The minimum Gasteiger partial charge on any atom is -0.352 e. The average Bonchev–Trinajstić information content (AvgIpc) is 2.99. The molecular weight excluding hydrogens is 316 g/mol. The average molecular weight is 336 g/mol. The summed E-state index contributed by atoms with van der Waals surface area (Å²) in [6.45, 7) is 1.50. The normalized spacial score (nSPS) is 18.1. The van der Waals surface area contributed by atoms with E-state index in [1.165, 1.54) is 4.31 Å². The fourth-order valence-electron chi connectivity index (χ4n) is 2.73. The molecular formula is C15H20N4O3S. The Morgan fingerprint density at radius 2 is 2.22 bits per heavy atom. The van der Waals surface area contributed by atoms with E-state index in [4.69, 9.17) is 0 Å². The van der Waals surface area contributed by atoms with Crippen LogP contribution in [0.25, 0.3) is 11.0 Å². The molecule has 0 atom stereocenters. The zero-order valence-corrected chi connectivity index (χ0v) is 13.6. The molecule has 23 heavy (non-hydrogen) atoms. The van der Waals surface area contributed by atoms with E-state index in [1.807, 2.05) is 0 Å². The number of hydrogen-bond acceptors (Lipinski definition) is 4. The Labute approximate surface area is 135 Å². The number of nitrogens with one attached hydrogen (secondary N) is 2. The molecule has 1 amide bonds. The van der Waals surface area contributed by atoms with Crippen molar-refractivity contribution in [2.45, 2.75) is 19.3 Å². The molecule has 0 bridgehead atoms. The van der Waals surface area contributed by atoms with Crippen molar-refractivity contribution in [3.8, 4) is 0 Å². The largest absolute Gasteiger partial charge is 0.352 e. The van der Waals surface area contributed by atoms with Crippen molar-refractivity contribution in [2.24, 2.45) is 0 Å². The van der Waals surface area contributed by atoms with Crippen LogP contribution < -0.4 is 5.32 Å². The third kappa shape index (κ3) is 3.70. The Morgan fingerprint density at radius 3 is 3.04 bits per heavy atom. The summed E-state index contributed by atoms with van der Waals surface area (Å²) >= 11 is 0. The third-order valence-corrected chi connectivity index (χ3v) is 5.96. The Morgan fingerprint density at radius 1 is 1.35 bits per heavy atom. The van der Waals surface area contributed by atoms with E-state index in [0.29, 0.717) is 31.6 Å². The van der Waals surface area contributed by atoms with Crippen LogP contribution >= 0.6 is 0 Å². The number of carbonyl (C=O) groups excluding carboxylic acids is 1. The second-order valence-electron chi connectivity index (χ2n) is 5.67. The Hall–Kier alpha value is -1.93. The molecule has 0 unspecified atom stereocenters. The molecule has 0 aliphatic carbocycles. The van der Waals surface area contributed by atoms with E-state index in [9.17, 15) is 13.2 Å². The van der Waals surface area contributed by atoms with Crippen LogP contribution in [0, 0.1) is 0 Å². The van der Waals surface area contributed by atoms with Gasteiger partial charge in [0.25, 0.3) is 5.91 Å². The van der Waals surface area contributed by atoms with Crippen LogP contribution in [-0.4, -0.2) is 54.0 Å². The van der Waals surface area contributed by atoms with Gasteiger partial charge in [0.2, 0.25) is 10.0 Å². The maximum atomic E-state index is 12.1. The summed E-state index contributed by atoms with van der Waals surface area (Å²) in [5, 5.41) is 2.83. The minimum absolute atomic E-state index is 0.164. The number of aromatic amines is 1. The summed E-state index contributed by atoms with van der Waals surface area (Å²) in [6, 6.07) is 5.28. The zero-order chi connectivity index (χ0) is 16.3. The van der Waals surface area contributed by atoms with Crippen molar-refractivity contribution in [1.29, 1.82) is 0 Å². The van der Waals surface area contributed by atoms with Gasteiger partial charge in [-0.05, 0) is 37.5 Å². The number of nitrogens with zero attached hydrogens (tertiary/aromatic N) is 2. The molecule has 1 aromatic carbocycles. The van der Waals surface area contributed by atoms with Crippen LogP contribution in [0.15, 0.2) is 24.5 Å². The van der Waals surface area contributed by atoms with Crippen LogP contribution in [0.1, 0.15) is 29.6 Å². The molecule has 0 radical (unpaired) electrons. The summed E-state index contributed by atoms with van der Waals surface area (Å²) < 4.78 is 25.2. The fourth-order valence-corrected chi connectivity index (χ4v) is 4.37. The highest BCUT2D eigenvalue weighted by Crippen LogP contribution is 2.14. The second-order valence-corrected chi connectivity index (χ2v) is 7.75. The van der Waals surface area contributed by atoms with Crippen LogP contribution in [0.4, 0.5) is 0 Å². The summed E-state index contributed by atoms with van der Waals surface area (Å²) in [5.74, 6) is 0.0758. The fraction of sp³-hybridized carbons (Fsp3) is 0.467. The number of sulfonamides is 1. The van der Waals surface area contributed by atoms with Crippen molar-refractivity contribution in [3.05, 3.63) is 30.1 Å². The number of fused-ring (bicyclic) bond motifs is 1. The van der Waals surface area contributed by atoms with Crippen molar-refractivity contribution in [1.82, 2.24) is 19.6 Å². The molecule has 2 heterocycles. The lowest BCUT2D eigenvalue weighted by Crippen LogP contribution is -2.39. The van der Waals surface area contributed by atoms with E-state index in [2.05, 4.69) is 15.3 Å². The van der Waals surface area contributed by atoms with Crippen molar-refractivity contribution in [3.63, 3.8) is 0 Å². The van der Waals surface area contributed by atoms with E-state index < -0.39 is 10.0 Å². The molecule has 1 aliphatic rings. The quantitative estimate of drug-likeness (QED) is 0.800. The molecule has 1 fully saturated rings. The van der Waals surface area contributed by atoms with Crippen LogP contribution in [-0.2, 0) is 10.0 Å². The Kier molecular flexibility index (Phi) is 4.63. The standard InChI is InChI=1S/C15H20N4O3S/c20-15(12-4-5-13-14(10-12)18-11-17-13)16-6-3-8-19-7-1-2-9-23(19,21)22/h4-5,10-11H,1-3,6-9H2,(H,16,20)(H,17,18). The number of H-pyrrole nitrogens is 1. The molecule has 0 saturated carbocycles. The van der Waals surface area contributed by atoms with E-state index in [0.717, 1.165) is 23.9 Å². The van der Waals surface area contributed by atoms with Gasteiger partial charge in [-0.15, -0.1) is 0 Å². The number of imidazole rings is 1. The number of aromatic nitrogens is 2. The molecule has 0 spiro atoms. The lowest BCUT2D eigenvalue weighted by Gasteiger charge is -2.26. The first-order valence-electron chi connectivity index (χ1n) is 7.75. The highest BCUT2D eigenvalue weighted by Gasteiger charge is 2.24. The second kappa shape index (κ2) is 6.67. The number of amides is 1. The molecule has 1 aromatic heterocycles. The number of hydrogen-bond donors (Lipinski definition) is 2. The summed E-state index contributed by atoms with van der Waals surface area (Å²) in [4.78, 5) is 19.2. The van der Waals surface area contributed by atoms with Gasteiger partial charge in [0, 0.05) is 25.2 Å². The Bertz CT molecular complexity index is 800. The topological polar surface area (TPSA) is 95.2 Å². The zero-order valence-electron chi connectivity index (χ0n) is 12.8. The first-order chi connectivity index (χ1) is 11.1. The van der Waals surface area contributed by atoms with Gasteiger partial charge in [0.15, 0.2) is 0 Å². The molecule has 7 nitrogen and oxygen atoms in total. The van der Waals surface area contributed by atoms with Gasteiger partial charge >= 0.3 is 0 Å². The lowest BCUT2D eigenvalue weighted by molar-refractivity contribution is 0.0953. The first-order valence-corrected chi connectivity index (χ1v) is 9.36. The summed E-state index contributed by atoms with van der Waals surface area (Å²) in [6.07, 6.45) is 3.85. The minimum atomic E-state index is -3.08. The lowest BCUT2D eigenvalue weighted by atomic mass is 10.2. The number of carbonyl (C=O) groups is 1. The van der Waals surface area contributed by atoms with Gasteiger partial charge in [-0.25, -0.2) is 17.7 Å². The van der Waals surface area contributed by atoms with Crippen molar-refractivity contribution < 1.29 is 13.2 Å². The van der Waals surface area contributed by atoms with Crippen LogP contribution in [0.2, 0.25) is 0 Å². The predicted molar refractivity (Wildman–Crippen MR) is 87.6 cm³/mol.